The number of nitrogens with zero attached hydrogens (tertiary/aromatic N) is 3. The molecule has 0 amide bonds. The summed E-state index contributed by atoms with van der Waals surface area (Å²) < 4.78 is 11.3. The summed E-state index contributed by atoms with van der Waals surface area (Å²) in [6, 6.07) is 8.42. The molecule has 1 heterocycles. The Balaban J connectivity index is 1.86. The van der Waals surface area contributed by atoms with E-state index in [1.165, 1.54) is 5.56 Å². The van der Waals surface area contributed by atoms with Gasteiger partial charge in [0.25, 0.3) is 0 Å². The highest BCUT2D eigenvalue weighted by atomic mass is 16.5. The van der Waals surface area contributed by atoms with Gasteiger partial charge in [-0.15, -0.1) is 0 Å². The number of ether oxygens (including phenoxy) is 2. The van der Waals surface area contributed by atoms with Crippen LogP contribution in [0.25, 0.3) is 0 Å². The number of hydrogen-bond donors (Lipinski definition) is 2. The number of hydrogen-bond acceptors (Lipinski definition) is 5. The van der Waals surface area contributed by atoms with Crippen molar-refractivity contribution in [1.29, 1.82) is 0 Å². The molecule has 7 nitrogen and oxygen atoms in total. The standard InChI is InChI=1S/C22H39N5O2/c1-17(2)15-27-10-11-29-20(16-27)13-24-22(23-3)25-14-21(26(4)5)18-8-7-9-19(12-18)28-6/h7-9,12,17,20-21H,10-11,13-16H2,1-6H3,(H2,23,24,25). The molecule has 1 aromatic rings. The zero-order valence-electron chi connectivity index (χ0n) is 18.9. The molecule has 0 spiro atoms. The van der Waals surface area contributed by atoms with Gasteiger partial charge < -0.3 is 25.0 Å². The Labute approximate surface area is 176 Å². The van der Waals surface area contributed by atoms with E-state index in [1.807, 2.05) is 12.1 Å². The van der Waals surface area contributed by atoms with Gasteiger partial charge in [-0.25, -0.2) is 0 Å². The van der Waals surface area contributed by atoms with Crippen molar-refractivity contribution in [3.05, 3.63) is 29.8 Å². The minimum absolute atomic E-state index is 0.184. The van der Waals surface area contributed by atoms with E-state index in [2.05, 4.69) is 65.5 Å². The van der Waals surface area contributed by atoms with E-state index in [9.17, 15) is 0 Å². The first kappa shape index (κ1) is 23.4. The number of morpholine rings is 1. The maximum absolute atomic E-state index is 5.93. The predicted molar refractivity (Wildman–Crippen MR) is 120 cm³/mol. The molecule has 1 aliphatic heterocycles. The maximum Gasteiger partial charge on any atom is 0.191 e. The number of methoxy groups -OCH3 is 1. The molecular weight excluding hydrogens is 366 g/mol. The molecule has 0 bridgehead atoms. The smallest absolute Gasteiger partial charge is 0.191 e. The zero-order chi connectivity index (χ0) is 21.2. The summed E-state index contributed by atoms with van der Waals surface area (Å²) in [5.74, 6) is 2.34. The summed E-state index contributed by atoms with van der Waals surface area (Å²) in [7, 11) is 7.67. The van der Waals surface area contributed by atoms with Crippen LogP contribution in [0.2, 0.25) is 0 Å². The monoisotopic (exact) mass is 405 g/mol. The lowest BCUT2D eigenvalue weighted by Crippen LogP contribution is -2.50. The van der Waals surface area contributed by atoms with Crippen molar-refractivity contribution in [1.82, 2.24) is 20.4 Å². The first-order valence-electron chi connectivity index (χ1n) is 10.5. The molecule has 2 rings (SSSR count). The molecule has 2 atom stereocenters. The summed E-state index contributed by atoms with van der Waals surface area (Å²) in [5.41, 5.74) is 1.21. The van der Waals surface area contributed by atoms with Gasteiger partial charge in [0, 0.05) is 39.8 Å². The molecule has 7 heteroatoms. The molecule has 1 fully saturated rings. The normalized spacial score (nSPS) is 19.4. The van der Waals surface area contributed by atoms with E-state index in [1.54, 1.807) is 14.2 Å². The van der Waals surface area contributed by atoms with Crippen LogP contribution in [0, 0.1) is 5.92 Å². The molecule has 29 heavy (non-hydrogen) atoms. The molecule has 164 valence electrons. The summed E-state index contributed by atoms with van der Waals surface area (Å²) in [6.45, 7) is 9.92. The third-order valence-corrected chi connectivity index (χ3v) is 5.13. The van der Waals surface area contributed by atoms with Gasteiger partial charge in [0.2, 0.25) is 0 Å². The molecule has 0 saturated carbocycles. The first-order valence-corrected chi connectivity index (χ1v) is 10.5. The third kappa shape index (κ3) is 7.84. The van der Waals surface area contributed by atoms with Crippen LogP contribution in [0.5, 0.6) is 5.75 Å². The Bertz CT molecular complexity index is 635. The van der Waals surface area contributed by atoms with E-state index in [-0.39, 0.29) is 12.1 Å². The number of guanidine groups is 1. The van der Waals surface area contributed by atoms with Gasteiger partial charge in [0.05, 0.1) is 25.9 Å². The average molecular weight is 406 g/mol. The number of benzene rings is 1. The van der Waals surface area contributed by atoms with E-state index in [0.29, 0.717) is 5.92 Å². The van der Waals surface area contributed by atoms with Crippen molar-refractivity contribution in [3.63, 3.8) is 0 Å². The van der Waals surface area contributed by atoms with E-state index in [4.69, 9.17) is 9.47 Å². The van der Waals surface area contributed by atoms with Crippen molar-refractivity contribution < 1.29 is 9.47 Å². The SMILES string of the molecule is CN=C(NCC1CN(CC(C)C)CCO1)NCC(c1cccc(OC)c1)N(C)C. The van der Waals surface area contributed by atoms with Gasteiger partial charge in [-0.05, 0) is 37.7 Å². The molecular formula is C22H39N5O2. The second kappa shape index (κ2) is 12.0. The zero-order valence-corrected chi connectivity index (χ0v) is 18.9. The average Bonchev–Trinajstić information content (AvgIpc) is 2.70. The molecule has 0 radical (unpaired) electrons. The second-order valence-corrected chi connectivity index (χ2v) is 8.24. The van der Waals surface area contributed by atoms with Crippen LogP contribution in [0.1, 0.15) is 25.5 Å². The topological polar surface area (TPSA) is 61.4 Å². The molecule has 0 aliphatic carbocycles. The third-order valence-electron chi connectivity index (χ3n) is 5.13. The van der Waals surface area contributed by atoms with E-state index < -0.39 is 0 Å². The fourth-order valence-corrected chi connectivity index (χ4v) is 3.66. The van der Waals surface area contributed by atoms with Gasteiger partial charge in [0.1, 0.15) is 5.75 Å². The highest BCUT2D eigenvalue weighted by Crippen LogP contribution is 2.22. The van der Waals surface area contributed by atoms with Crippen LogP contribution in [-0.2, 0) is 4.74 Å². The number of rotatable bonds is 9. The van der Waals surface area contributed by atoms with Gasteiger partial charge in [-0.3, -0.25) is 9.89 Å². The Kier molecular flexibility index (Phi) is 9.70. The lowest BCUT2D eigenvalue weighted by atomic mass is 10.1. The van der Waals surface area contributed by atoms with Crippen LogP contribution >= 0.6 is 0 Å². The maximum atomic E-state index is 5.93. The Morgan fingerprint density at radius 1 is 1.34 bits per heavy atom. The molecule has 0 aromatic heterocycles. The van der Waals surface area contributed by atoms with Crippen molar-refractivity contribution >= 4 is 5.96 Å². The lowest BCUT2D eigenvalue weighted by molar-refractivity contribution is -0.0284. The fraction of sp³-hybridized carbons (Fsp3) is 0.682. The van der Waals surface area contributed by atoms with Gasteiger partial charge in [-0.1, -0.05) is 26.0 Å². The van der Waals surface area contributed by atoms with E-state index >= 15 is 0 Å². The Hall–Kier alpha value is -1.83. The van der Waals surface area contributed by atoms with Crippen molar-refractivity contribution in [3.8, 4) is 5.75 Å². The molecule has 1 saturated heterocycles. The summed E-state index contributed by atoms with van der Waals surface area (Å²) >= 11 is 0. The first-order chi connectivity index (χ1) is 13.9. The van der Waals surface area contributed by atoms with Crippen LogP contribution in [0.3, 0.4) is 0 Å². The van der Waals surface area contributed by atoms with Crippen molar-refractivity contribution in [2.75, 3.05) is 67.6 Å². The van der Waals surface area contributed by atoms with Gasteiger partial charge in [-0.2, -0.15) is 0 Å². The number of aliphatic imine (C=N–C) groups is 1. The fourth-order valence-electron chi connectivity index (χ4n) is 3.66. The van der Waals surface area contributed by atoms with Crippen molar-refractivity contribution in [2.24, 2.45) is 10.9 Å². The molecule has 1 aromatic carbocycles. The second-order valence-electron chi connectivity index (χ2n) is 8.24. The quantitative estimate of drug-likeness (QED) is 0.483. The number of nitrogens with one attached hydrogen (secondary N) is 2. The van der Waals surface area contributed by atoms with Crippen LogP contribution in [0.15, 0.2) is 29.3 Å². The van der Waals surface area contributed by atoms with Crippen LogP contribution < -0.4 is 15.4 Å². The molecule has 1 aliphatic rings. The van der Waals surface area contributed by atoms with Gasteiger partial charge in [0.15, 0.2) is 5.96 Å². The Morgan fingerprint density at radius 3 is 2.79 bits per heavy atom. The summed E-state index contributed by atoms with van der Waals surface area (Å²) in [5, 5.41) is 6.88. The molecule has 2 unspecified atom stereocenters. The number of likely N-dealkylation sites (N-methyl/N-ethyl adjacent to an activating group) is 1. The van der Waals surface area contributed by atoms with Crippen molar-refractivity contribution in [2.45, 2.75) is 26.0 Å². The van der Waals surface area contributed by atoms with E-state index in [0.717, 1.165) is 51.0 Å². The largest absolute Gasteiger partial charge is 0.497 e. The minimum Gasteiger partial charge on any atom is -0.497 e. The summed E-state index contributed by atoms with van der Waals surface area (Å²) in [6.07, 6.45) is 0.184. The van der Waals surface area contributed by atoms with Gasteiger partial charge >= 0.3 is 0 Å². The van der Waals surface area contributed by atoms with Crippen LogP contribution in [-0.4, -0.2) is 89.4 Å². The highest BCUT2D eigenvalue weighted by Gasteiger charge is 2.21. The Morgan fingerprint density at radius 2 is 2.14 bits per heavy atom. The lowest BCUT2D eigenvalue weighted by Gasteiger charge is -2.34. The minimum atomic E-state index is 0.184. The van der Waals surface area contributed by atoms with Crippen LogP contribution in [0.4, 0.5) is 0 Å². The summed E-state index contributed by atoms with van der Waals surface area (Å²) in [4.78, 5) is 9.07. The highest BCUT2D eigenvalue weighted by molar-refractivity contribution is 5.79. The predicted octanol–water partition coefficient (Wildman–Crippen LogP) is 1.82. The molecule has 2 N–H and O–H groups in total.